The average molecular weight is 432 g/mol. The van der Waals surface area contributed by atoms with Crippen molar-refractivity contribution in [2.75, 3.05) is 44.7 Å². The summed E-state index contributed by atoms with van der Waals surface area (Å²) in [6, 6.07) is 0. The normalized spacial score (nSPS) is 10.2. The zero-order chi connectivity index (χ0) is 17.9. The highest BCUT2D eigenvalue weighted by molar-refractivity contribution is 6.36. The average Bonchev–Trinajstić information content (AvgIpc) is 2.54. The minimum absolute atomic E-state index is 0. The Morgan fingerprint density at radius 3 is 2.23 bits per heavy atom. The highest BCUT2D eigenvalue weighted by Gasteiger charge is 2.15. The van der Waals surface area contributed by atoms with Crippen molar-refractivity contribution in [2.24, 2.45) is 5.73 Å². The van der Waals surface area contributed by atoms with Gasteiger partial charge in [-0.3, -0.25) is 4.79 Å². The van der Waals surface area contributed by atoms with Crippen molar-refractivity contribution in [1.82, 2.24) is 9.88 Å². The molecule has 0 aliphatic heterocycles. The van der Waals surface area contributed by atoms with Crippen LogP contribution in [0.1, 0.15) is 35.2 Å². The van der Waals surface area contributed by atoms with Gasteiger partial charge >= 0.3 is 0 Å². The lowest BCUT2D eigenvalue weighted by molar-refractivity contribution is 0.0999. The molecule has 0 aliphatic rings. The number of amides is 1. The molecule has 1 aromatic heterocycles. The van der Waals surface area contributed by atoms with Crippen molar-refractivity contribution in [3.63, 3.8) is 0 Å². The largest absolute Gasteiger partial charge is 0.396 e. The van der Waals surface area contributed by atoms with Gasteiger partial charge in [-0.1, -0.05) is 11.6 Å². The Balaban J connectivity index is 0. The number of pyridine rings is 1. The summed E-state index contributed by atoms with van der Waals surface area (Å²) in [6.45, 7) is 5.13. The van der Waals surface area contributed by atoms with Gasteiger partial charge in [0.25, 0.3) is 5.91 Å². The van der Waals surface area contributed by atoms with Crippen LogP contribution in [-0.2, 0) is 0 Å². The van der Waals surface area contributed by atoms with Gasteiger partial charge in [0.15, 0.2) is 0 Å². The first kappa shape index (κ1) is 27.4. The lowest BCUT2D eigenvalue weighted by atomic mass is 10.1. The van der Waals surface area contributed by atoms with Crippen molar-refractivity contribution >= 4 is 48.1 Å². The van der Waals surface area contributed by atoms with E-state index >= 15 is 0 Å². The number of rotatable bonds is 12. The second-order valence-electron chi connectivity index (χ2n) is 5.62. The first-order valence-corrected chi connectivity index (χ1v) is 8.51. The van der Waals surface area contributed by atoms with Crippen LogP contribution in [-0.4, -0.2) is 65.4 Å². The summed E-state index contributed by atoms with van der Waals surface area (Å²) >= 11 is 6.20. The Kier molecular flexibility index (Phi) is 16.1. The molecule has 0 spiro atoms. The van der Waals surface area contributed by atoms with Gasteiger partial charge in [0.2, 0.25) is 0 Å². The van der Waals surface area contributed by atoms with Crippen molar-refractivity contribution < 1.29 is 15.0 Å². The Labute approximate surface area is 172 Å². The van der Waals surface area contributed by atoms with Gasteiger partial charge in [0, 0.05) is 39.0 Å². The van der Waals surface area contributed by atoms with Crippen LogP contribution in [0.2, 0.25) is 5.02 Å². The summed E-state index contributed by atoms with van der Waals surface area (Å²) in [6.07, 6.45) is 3.84. The fourth-order valence-electron chi connectivity index (χ4n) is 2.43. The number of aliphatic hydroxyl groups excluding tert-OH is 2. The highest BCUT2D eigenvalue weighted by Crippen LogP contribution is 2.25. The number of aliphatic hydroxyl groups is 2. The number of anilines is 1. The summed E-state index contributed by atoms with van der Waals surface area (Å²) in [4.78, 5) is 17.9. The number of nitrogens with zero attached hydrogens (tertiary/aromatic N) is 2. The van der Waals surface area contributed by atoms with E-state index in [4.69, 9.17) is 27.5 Å². The predicted molar refractivity (Wildman–Crippen MR) is 110 cm³/mol. The van der Waals surface area contributed by atoms with E-state index in [2.05, 4.69) is 15.2 Å². The third-order valence-corrected chi connectivity index (χ3v) is 4.03. The molecule has 0 saturated carbocycles. The number of hydrogen-bond donors (Lipinski definition) is 4. The fourth-order valence-corrected chi connectivity index (χ4v) is 2.79. The Morgan fingerprint density at radius 2 is 1.73 bits per heavy atom. The van der Waals surface area contributed by atoms with Crippen molar-refractivity contribution in [3.05, 3.63) is 22.3 Å². The van der Waals surface area contributed by atoms with E-state index in [0.717, 1.165) is 26.1 Å². The molecule has 0 aromatic carbocycles. The molecule has 26 heavy (non-hydrogen) atoms. The summed E-state index contributed by atoms with van der Waals surface area (Å²) in [5.74, 6) is -0.115. The summed E-state index contributed by atoms with van der Waals surface area (Å²) < 4.78 is 0. The number of primary amides is 1. The summed E-state index contributed by atoms with van der Waals surface area (Å²) in [7, 11) is 0. The molecule has 0 fully saturated rings. The maximum Gasteiger partial charge on any atom is 0.250 e. The third-order valence-electron chi connectivity index (χ3n) is 3.66. The molecular formula is C16H29Cl3N4O3. The lowest BCUT2D eigenvalue weighted by Gasteiger charge is -2.21. The van der Waals surface area contributed by atoms with Gasteiger partial charge in [-0.25, -0.2) is 4.98 Å². The molecule has 0 unspecified atom stereocenters. The molecule has 0 radical (unpaired) electrons. The van der Waals surface area contributed by atoms with Crippen LogP contribution in [0.5, 0.6) is 0 Å². The maximum absolute atomic E-state index is 11.4. The molecule has 1 heterocycles. The van der Waals surface area contributed by atoms with Crippen LogP contribution >= 0.6 is 36.4 Å². The second-order valence-corrected chi connectivity index (χ2v) is 6.00. The van der Waals surface area contributed by atoms with Crippen molar-refractivity contribution in [1.29, 1.82) is 0 Å². The van der Waals surface area contributed by atoms with E-state index in [1.165, 1.54) is 0 Å². The Morgan fingerprint density at radius 1 is 1.19 bits per heavy atom. The molecule has 5 N–H and O–H groups in total. The molecule has 0 atom stereocenters. The van der Waals surface area contributed by atoms with Crippen LogP contribution in [0.3, 0.4) is 0 Å². The van der Waals surface area contributed by atoms with E-state index < -0.39 is 5.91 Å². The monoisotopic (exact) mass is 430 g/mol. The van der Waals surface area contributed by atoms with Gasteiger partial charge in [0.1, 0.15) is 5.82 Å². The predicted octanol–water partition coefficient (Wildman–Crippen LogP) is 1.85. The number of aryl methyl sites for hydroxylation is 1. The minimum Gasteiger partial charge on any atom is -0.396 e. The van der Waals surface area contributed by atoms with E-state index in [-0.39, 0.29) is 43.1 Å². The zero-order valence-corrected chi connectivity index (χ0v) is 17.3. The van der Waals surface area contributed by atoms with Gasteiger partial charge in [-0.15, -0.1) is 24.8 Å². The van der Waals surface area contributed by atoms with E-state index in [9.17, 15) is 4.79 Å². The smallest absolute Gasteiger partial charge is 0.250 e. The third kappa shape index (κ3) is 9.21. The minimum atomic E-state index is -0.567. The highest BCUT2D eigenvalue weighted by atomic mass is 35.5. The van der Waals surface area contributed by atoms with E-state index in [1.807, 2.05) is 0 Å². The van der Waals surface area contributed by atoms with Gasteiger partial charge in [-0.05, 0) is 38.3 Å². The second kappa shape index (κ2) is 15.2. The molecule has 1 rings (SSSR count). The van der Waals surface area contributed by atoms with Gasteiger partial charge in [-0.2, -0.15) is 0 Å². The van der Waals surface area contributed by atoms with Gasteiger partial charge < -0.3 is 26.2 Å². The number of aromatic nitrogens is 1. The molecule has 1 amide bonds. The first-order valence-electron chi connectivity index (χ1n) is 8.14. The number of carbonyl (C=O) groups excluding carboxylic acids is 1. The van der Waals surface area contributed by atoms with Crippen LogP contribution in [0.15, 0.2) is 6.20 Å². The molecule has 0 bridgehead atoms. The molecule has 10 heteroatoms. The van der Waals surface area contributed by atoms with Crippen LogP contribution in [0.25, 0.3) is 0 Å². The molecule has 1 aromatic rings. The Hall–Kier alpha value is -0.830. The SMILES string of the molecule is Cc1cnc(NCCCN(CCCO)CCCO)c(Cl)c1C(N)=O.Cl.Cl. The number of carbonyl (C=O) groups is 1. The van der Waals surface area contributed by atoms with Crippen LogP contribution < -0.4 is 11.1 Å². The van der Waals surface area contributed by atoms with Crippen LogP contribution in [0.4, 0.5) is 5.82 Å². The maximum atomic E-state index is 11.4. The number of hydrogen-bond acceptors (Lipinski definition) is 6. The summed E-state index contributed by atoms with van der Waals surface area (Å²) in [5, 5.41) is 21.2. The molecule has 7 nitrogen and oxygen atoms in total. The topological polar surface area (TPSA) is 112 Å². The first-order chi connectivity index (χ1) is 11.5. The number of nitrogens with two attached hydrogens (primary N) is 1. The zero-order valence-electron chi connectivity index (χ0n) is 14.9. The lowest BCUT2D eigenvalue weighted by Crippen LogP contribution is -2.29. The van der Waals surface area contributed by atoms with Crippen molar-refractivity contribution in [2.45, 2.75) is 26.2 Å². The standard InChI is InChI=1S/C16H27ClN4O3.2ClH/c1-12-11-20-16(14(17)13(12)15(18)24)19-5-2-6-21(7-3-9-22)8-4-10-23;;/h11,22-23H,2-10H2,1H3,(H2,18,24)(H,19,20);2*1H. The number of halogens is 3. The van der Waals surface area contributed by atoms with E-state index in [1.54, 1.807) is 13.1 Å². The molecular weight excluding hydrogens is 403 g/mol. The van der Waals surface area contributed by atoms with Gasteiger partial charge in [0.05, 0.1) is 10.6 Å². The molecule has 0 aliphatic carbocycles. The fraction of sp³-hybridized carbons (Fsp3) is 0.625. The summed E-state index contributed by atoms with van der Waals surface area (Å²) in [5.41, 5.74) is 6.29. The Bertz CT molecular complexity index is 528. The molecule has 152 valence electrons. The quantitative estimate of drug-likeness (QED) is 0.376. The van der Waals surface area contributed by atoms with Crippen molar-refractivity contribution in [3.8, 4) is 0 Å². The van der Waals surface area contributed by atoms with E-state index in [0.29, 0.717) is 36.3 Å². The molecule has 0 saturated heterocycles. The number of nitrogens with one attached hydrogen (secondary N) is 1. The van der Waals surface area contributed by atoms with Crippen LogP contribution in [0, 0.1) is 6.92 Å².